The van der Waals surface area contributed by atoms with E-state index in [1.54, 1.807) is 10.4 Å². The van der Waals surface area contributed by atoms with Crippen LogP contribution in [0.3, 0.4) is 0 Å². The summed E-state index contributed by atoms with van der Waals surface area (Å²) >= 11 is 0. The Labute approximate surface area is 172 Å². The lowest BCUT2D eigenvalue weighted by Gasteiger charge is -2.38. The lowest BCUT2D eigenvalue weighted by Crippen LogP contribution is -2.49. The van der Waals surface area contributed by atoms with Crippen LogP contribution in [0.1, 0.15) is 56.9 Å². The summed E-state index contributed by atoms with van der Waals surface area (Å²) in [4.78, 5) is 2.62. The summed E-state index contributed by atoms with van der Waals surface area (Å²) < 4.78 is 0. The Morgan fingerprint density at radius 3 is 2.46 bits per heavy atom. The number of rotatable bonds is 2. The molecule has 5 rings (SSSR count). The van der Waals surface area contributed by atoms with Gasteiger partial charge in [0.2, 0.25) is 0 Å². The van der Waals surface area contributed by atoms with E-state index in [0.29, 0.717) is 5.92 Å². The summed E-state index contributed by atoms with van der Waals surface area (Å²) in [6, 6.07) is 7.34. The molecule has 0 aromatic heterocycles. The van der Waals surface area contributed by atoms with Gasteiger partial charge in [-0.15, -0.1) is 0 Å². The Morgan fingerprint density at radius 2 is 1.68 bits per heavy atom. The van der Waals surface area contributed by atoms with Crippen molar-refractivity contribution in [1.82, 2.24) is 0 Å². The molecule has 1 nitrogen and oxygen atoms in total. The third-order valence-electron chi connectivity index (χ3n) is 7.78. The second kappa shape index (κ2) is 7.37. The molecule has 0 bridgehead atoms. The van der Waals surface area contributed by atoms with Crippen LogP contribution in [0.5, 0.6) is 0 Å². The van der Waals surface area contributed by atoms with Crippen molar-refractivity contribution in [3.05, 3.63) is 52.8 Å². The van der Waals surface area contributed by atoms with Crippen LogP contribution in [-0.4, -0.2) is 21.2 Å². The number of anilines is 1. The van der Waals surface area contributed by atoms with Gasteiger partial charge < -0.3 is 4.90 Å². The Bertz CT molecular complexity index is 832. The number of nitrogens with zero attached hydrogens (tertiary/aromatic N) is 1. The van der Waals surface area contributed by atoms with Crippen molar-refractivity contribution in [2.45, 2.75) is 64.5 Å². The van der Waals surface area contributed by atoms with Crippen LogP contribution in [-0.2, 0) is 0 Å². The van der Waals surface area contributed by atoms with Gasteiger partial charge in [-0.3, -0.25) is 0 Å². The summed E-state index contributed by atoms with van der Waals surface area (Å²) in [7, 11) is -1.66. The van der Waals surface area contributed by atoms with Gasteiger partial charge in [-0.1, -0.05) is 61.8 Å². The lowest BCUT2D eigenvalue weighted by atomic mass is 9.78. The first kappa shape index (κ1) is 18.5. The molecule has 1 aromatic rings. The standard InChI is InChI=1S/C26H35NSi/c1-28(2)25-18-21(20-9-5-3-6-10-20)11-12-22(25)17-23-13-14-24(19-26(23)28)27-15-7-4-8-16-27/h11-14,17-21H,3-10,15-16H2,1-2H3. The fourth-order valence-electron chi connectivity index (χ4n) is 6.03. The molecule has 0 radical (unpaired) electrons. The zero-order chi connectivity index (χ0) is 19.1. The molecular formula is C26H35NSi. The average molecular weight is 390 g/mol. The van der Waals surface area contributed by atoms with Crippen molar-refractivity contribution >= 4 is 25.0 Å². The van der Waals surface area contributed by atoms with Crippen molar-refractivity contribution in [1.29, 1.82) is 0 Å². The highest BCUT2D eigenvalue weighted by molar-refractivity contribution is 6.97. The van der Waals surface area contributed by atoms with Gasteiger partial charge in [0, 0.05) is 18.8 Å². The van der Waals surface area contributed by atoms with Crippen LogP contribution >= 0.6 is 0 Å². The number of hydrogen-bond donors (Lipinski definition) is 0. The number of benzene rings is 1. The molecule has 2 fully saturated rings. The molecule has 1 saturated carbocycles. The number of hydrogen-bond acceptors (Lipinski definition) is 1. The van der Waals surface area contributed by atoms with Gasteiger partial charge in [0.25, 0.3) is 0 Å². The van der Waals surface area contributed by atoms with E-state index < -0.39 is 8.07 Å². The predicted octanol–water partition coefficient (Wildman–Crippen LogP) is 6.22. The van der Waals surface area contributed by atoms with E-state index in [1.807, 2.05) is 0 Å². The maximum atomic E-state index is 2.70. The average Bonchev–Trinajstić information content (AvgIpc) is 2.75. The van der Waals surface area contributed by atoms with Crippen LogP contribution in [0.25, 0.3) is 6.08 Å². The topological polar surface area (TPSA) is 3.24 Å². The van der Waals surface area contributed by atoms with Gasteiger partial charge >= 0.3 is 0 Å². The maximum Gasteiger partial charge on any atom is 0.113 e. The minimum absolute atomic E-state index is 0.672. The summed E-state index contributed by atoms with van der Waals surface area (Å²) in [6.45, 7) is 7.64. The van der Waals surface area contributed by atoms with Gasteiger partial charge in [0.05, 0.1) is 0 Å². The number of fused-ring (bicyclic) bond motifs is 2. The molecule has 0 spiro atoms. The Balaban J connectivity index is 1.50. The van der Waals surface area contributed by atoms with Crippen molar-refractivity contribution in [3.63, 3.8) is 0 Å². The molecule has 148 valence electrons. The molecule has 0 N–H and O–H groups in total. The van der Waals surface area contributed by atoms with Gasteiger partial charge in [-0.05, 0) is 78.5 Å². The van der Waals surface area contributed by atoms with Crippen molar-refractivity contribution < 1.29 is 0 Å². The molecular weight excluding hydrogens is 354 g/mol. The molecule has 2 aliphatic carbocycles. The Hall–Kier alpha value is -1.54. The Morgan fingerprint density at radius 1 is 0.929 bits per heavy atom. The van der Waals surface area contributed by atoms with Crippen LogP contribution in [0.2, 0.25) is 13.1 Å². The van der Waals surface area contributed by atoms with Crippen LogP contribution in [0.15, 0.2) is 47.2 Å². The second-order valence-corrected chi connectivity index (χ2v) is 14.3. The third kappa shape index (κ3) is 3.24. The minimum Gasteiger partial charge on any atom is -0.372 e. The molecule has 28 heavy (non-hydrogen) atoms. The molecule has 4 aliphatic rings. The summed E-state index contributed by atoms with van der Waals surface area (Å²) in [5.74, 6) is 1.55. The van der Waals surface area contributed by atoms with E-state index in [9.17, 15) is 0 Å². The van der Waals surface area contributed by atoms with Gasteiger partial charge in [0.1, 0.15) is 8.07 Å². The van der Waals surface area contributed by atoms with Crippen molar-refractivity contribution in [2.24, 2.45) is 11.8 Å². The highest BCUT2D eigenvalue weighted by Gasteiger charge is 2.37. The number of piperidine rings is 1. The zero-order valence-corrected chi connectivity index (χ0v) is 18.7. The van der Waals surface area contributed by atoms with Crippen LogP contribution in [0, 0.1) is 11.8 Å². The van der Waals surface area contributed by atoms with E-state index in [4.69, 9.17) is 0 Å². The zero-order valence-electron chi connectivity index (χ0n) is 17.7. The lowest BCUT2D eigenvalue weighted by molar-refractivity contribution is 0.317. The second-order valence-electron chi connectivity index (χ2n) is 9.96. The van der Waals surface area contributed by atoms with Gasteiger partial charge in [-0.2, -0.15) is 0 Å². The normalized spacial score (nSPS) is 26.9. The Kier molecular flexibility index (Phi) is 4.86. The van der Waals surface area contributed by atoms with Gasteiger partial charge in [0.15, 0.2) is 0 Å². The third-order valence-corrected chi connectivity index (χ3v) is 11.4. The monoisotopic (exact) mass is 389 g/mol. The fourth-order valence-corrected chi connectivity index (χ4v) is 9.19. The first-order valence-electron chi connectivity index (χ1n) is 11.6. The summed E-state index contributed by atoms with van der Waals surface area (Å²) in [5, 5.41) is 3.36. The minimum atomic E-state index is -1.66. The van der Waals surface area contributed by atoms with E-state index in [1.165, 1.54) is 81.3 Å². The first-order valence-corrected chi connectivity index (χ1v) is 14.6. The largest absolute Gasteiger partial charge is 0.372 e. The molecule has 0 amide bonds. The van der Waals surface area contributed by atoms with Crippen molar-refractivity contribution in [3.8, 4) is 0 Å². The van der Waals surface area contributed by atoms with E-state index >= 15 is 0 Å². The molecule has 1 atom stereocenters. The maximum absolute atomic E-state index is 2.70. The van der Waals surface area contributed by atoms with Crippen LogP contribution in [0.4, 0.5) is 5.69 Å². The highest BCUT2D eigenvalue weighted by atomic mass is 28.3. The fraction of sp³-hybridized carbons (Fsp3) is 0.538. The number of allylic oxidation sites excluding steroid dienone is 5. The quantitative estimate of drug-likeness (QED) is 0.543. The molecule has 1 aromatic carbocycles. The van der Waals surface area contributed by atoms with E-state index in [0.717, 1.165) is 5.92 Å². The SMILES string of the molecule is C[Si]1(C)C2=CC(C3CCCCC3)C=CC2=Cc2ccc(N3CCCCC3)cc21. The first-order chi connectivity index (χ1) is 13.6. The van der Waals surface area contributed by atoms with E-state index in [-0.39, 0.29) is 0 Å². The molecule has 2 heterocycles. The van der Waals surface area contributed by atoms with E-state index in [2.05, 4.69) is 60.5 Å². The molecule has 2 aliphatic heterocycles. The smallest absolute Gasteiger partial charge is 0.113 e. The summed E-state index contributed by atoms with van der Waals surface area (Å²) in [5.41, 5.74) is 4.44. The van der Waals surface area contributed by atoms with Crippen molar-refractivity contribution in [2.75, 3.05) is 18.0 Å². The molecule has 2 heteroatoms. The van der Waals surface area contributed by atoms with Gasteiger partial charge in [-0.25, -0.2) is 0 Å². The highest BCUT2D eigenvalue weighted by Crippen LogP contribution is 2.40. The predicted molar refractivity (Wildman–Crippen MR) is 125 cm³/mol. The molecule has 1 unspecified atom stereocenters. The molecule has 1 saturated heterocycles. The summed E-state index contributed by atoms with van der Waals surface area (Å²) in [6.07, 6.45) is 21.4. The van der Waals surface area contributed by atoms with Crippen LogP contribution < -0.4 is 10.1 Å².